The Bertz CT molecular complexity index is 374. The number of Topliss-reactive ketones (excluding diaryl/α,β-unsaturated/α-hetero) is 1. The fraction of sp³-hybridized carbons (Fsp3) is 0.500. The van der Waals surface area contributed by atoms with E-state index in [4.69, 9.17) is 4.74 Å². The van der Waals surface area contributed by atoms with Crippen molar-refractivity contribution in [2.75, 3.05) is 18.5 Å². The van der Waals surface area contributed by atoms with Crippen LogP contribution in [0.15, 0.2) is 24.3 Å². The van der Waals surface area contributed by atoms with E-state index in [2.05, 4.69) is 4.90 Å². The number of carbonyl (C=O) groups excluding carboxylic acids is 1. The van der Waals surface area contributed by atoms with Crippen LogP contribution >= 0.6 is 0 Å². The van der Waals surface area contributed by atoms with Crippen LogP contribution in [0.4, 0.5) is 5.69 Å². The van der Waals surface area contributed by atoms with Crippen LogP contribution in [0.3, 0.4) is 0 Å². The Morgan fingerprint density at radius 3 is 2.59 bits per heavy atom. The molecule has 94 valence electrons. The fourth-order valence-corrected chi connectivity index (χ4v) is 1.57. The van der Waals surface area contributed by atoms with E-state index in [9.17, 15) is 4.79 Å². The summed E-state index contributed by atoms with van der Waals surface area (Å²) >= 11 is 0. The zero-order valence-electron chi connectivity index (χ0n) is 11.1. The van der Waals surface area contributed by atoms with E-state index in [0.29, 0.717) is 13.0 Å². The highest BCUT2D eigenvalue weighted by molar-refractivity contribution is 5.76. The van der Waals surface area contributed by atoms with Crippen molar-refractivity contribution in [1.82, 2.24) is 0 Å². The Morgan fingerprint density at radius 1 is 1.35 bits per heavy atom. The number of hydrogen-bond donors (Lipinski definition) is 0. The van der Waals surface area contributed by atoms with E-state index >= 15 is 0 Å². The van der Waals surface area contributed by atoms with Gasteiger partial charge in [0.15, 0.2) is 0 Å². The van der Waals surface area contributed by atoms with E-state index in [0.717, 1.165) is 11.4 Å². The number of nitrogens with zero attached hydrogens (tertiary/aromatic N) is 1. The lowest BCUT2D eigenvalue weighted by atomic mass is 10.2. The summed E-state index contributed by atoms with van der Waals surface area (Å²) in [7, 11) is 1.98. The van der Waals surface area contributed by atoms with Gasteiger partial charge < -0.3 is 9.64 Å². The number of hydrogen-bond acceptors (Lipinski definition) is 3. The molecule has 1 rings (SSSR count). The number of ketones is 1. The molecule has 0 radical (unpaired) electrons. The molecule has 0 heterocycles. The molecule has 1 aromatic carbocycles. The Kier molecular flexibility index (Phi) is 5.01. The van der Waals surface area contributed by atoms with E-state index < -0.39 is 0 Å². The average Bonchev–Trinajstić information content (AvgIpc) is 2.25. The third kappa shape index (κ3) is 4.47. The van der Waals surface area contributed by atoms with Crippen LogP contribution in [0.1, 0.15) is 27.2 Å². The number of carbonyl (C=O) groups is 1. The van der Waals surface area contributed by atoms with Gasteiger partial charge >= 0.3 is 0 Å². The standard InChI is InChI=1S/C14H21NO2/c1-11(2)17-14-8-6-5-7-13(14)15(4)10-9-12(3)16/h5-8,11H,9-10H2,1-4H3. The van der Waals surface area contributed by atoms with Gasteiger partial charge in [-0.3, -0.25) is 4.79 Å². The Morgan fingerprint density at radius 2 is 2.00 bits per heavy atom. The highest BCUT2D eigenvalue weighted by Gasteiger charge is 2.09. The Balaban J connectivity index is 2.77. The first kappa shape index (κ1) is 13.6. The molecule has 0 aliphatic carbocycles. The summed E-state index contributed by atoms with van der Waals surface area (Å²) in [4.78, 5) is 13.0. The van der Waals surface area contributed by atoms with Crippen molar-refractivity contribution in [2.45, 2.75) is 33.3 Å². The molecule has 0 aliphatic heterocycles. The predicted octanol–water partition coefficient (Wildman–Crippen LogP) is 2.89. The number of para-hydroxylation sites is 2. The minimum Gasteiger partial charge on any atom is -0.489 e. The van der Waals surface area contributed by atoms with Crippen molar-refractivity contribution in [3.63, 3.8) is 0 Å². The molecule has 0 amide bonds. The van der Waals surface area contributed by atoms with Crippen LogP contribution in [0, 0.1) is 0 Å². The number of anilines is 1. The Hall–Kier alpha value is -1.51. The normalized spacial score (nSPS) is 10.4. The average molecular weight is 235 g/mol. The molecule has 0 bridgehead atoms. The van der Waals surface area contributed by atoms with Crippen LogP contribution < -0.4 is 9.64 Å². The van der Waals surface area contributed by atoms with Gasteiger partial charge in [-0.15, -0.1) is 0 Å². The third-order valence-corrected chi connectivity index (χ3v) is 2.44. The number of rotatable bonds is 6. The first-order chi connectivity index (χ1) is 8.00. The maximum Gasteiger partial charge on any atom is 0.142 e. The molecule has 3 nitrogen and oxygen atoms in total. The molecular formula is C14H21NO2. The monoisotopic (exact) mass is 235 g/mol. The summed E-state index contributed by atoms with van der Waals surface area (Å²) in [6.45, 7) is 6.34. The van der Waals surface area contributed by atoms with Crippen LogP contribution in [0.25, 0.3) is 0 Å². The van der Waals surface area contributed by atoms with Crippen LogP contribution in [-0.2, 0) is 4.79 Å². The third-order valence-electron chi connectivity index (χ3n) is 2.44. The van der Waals surface area contributed by atoms with Gasteiger partial charge in [-0.25, -0.2) is 0 Å². The van der Waals surface area contributed by atoms with Gasteiger partial charge in [0.05, 0.1) is 11.8 Å². The van der Waals surface area contributed by atoms with Gasteiger partial charge in [-0.05, 0) is 32.9 Å². The largest absolute Gasteiger partial charge is 0.489 e. The molecule has 0 fully saturated rings. The second kappa shape index (κ2) is 6.28. The van der Waals surface area contributed by atoms with Crippen molar-refractivity contribution in [2.24, 2.45) is 0 Å². The quantitative estimate of drug-likeness (QED) is 0.759. The second-order valence-corrected chi connectivity index (χ2v) is 4.51. The summed E-state index contributed by atoms with van der Waals surface area (Å²) in [5.74, 6) is 1.08. The van der Waals surface area contributed by atoms with Gasteiger partial charge in [0, 0.05) is 20.0 Å². The topological polar surface area (TPSA) is 29.5 Å². The van der Waals surface area contributed by atoms with Crippen LogP contribution in [0.5, 0.6) is 5.75 Å². The molecule has 0 saturated carbocycles. The SMILES string of the molecule is CC(=O)CCN(C)c1ccccc1OC(C)C. The molecule has 0 N–H and O–H groups in total. The zero-order valence-corrected chi connectivity index (χ0v) is 11.1. The molecule has 0 spiro atoms. The van der Waals surface area contributed by atoms with Crippen molar-refractivity contribution < 1.29 is 9.53 Å². The van der Waals surface area contributed by atoms with Crippen molar-refractivity contribution in [1.29, 1.82) is 0 Å². The van der Waals surface area contributed by atoms with E-state index in [1.807, 2.05) is 45.2 Å². The molecule has 1 aromatic rings. The number of ether oxygens (including phenoxy) is 1. The molecule has 0 atom stereocenters. The van der Waals surface area contributed by atoms with E-state index in [-0.39, 0.29) is 11.9 Å². The van der Waals surface area contributed by atoms with Gasteiger partial charge in [-0.1, -0.05) is 12.1 Å². The summed E-state index contributed by atoms with van der Waals surface area (Å²) < 4.78 is 5.75. The van der Waals surface area contributed by atoms with Crippen LogP contribution in [-0.4, -0.2) is 25.5 Å². The summed E-state index contributed by atoms with van der Waals surface area (Å²) in [6, 6.07) is 7.91. The molecular weight excluding hydrogens is 214 g/mol. The van der Waals surface area contributed by atoms with Gasteiger partial charge in [-0.2, -0.15) is 0 Å². The minimum atomic E-state index is 0.150. The summed E-state index contributed by atoms with van der Waals surface area (Å²) in [5.41, 5.74) is 1.03. The summed E-state index contributed by atoms with van der Waals surface area (Å²) in [6.07, 6.45) is 0.712. The molecule has 0 aliphatic rings. The van der Waals surface area contributed by atoms with Crippen molar-refractivity contribution in [3.8, 4) is 5.75 Å². The summed E-state index contributed by atoms with van der Waals surface area (Å²) in [5, 5.41) is 0. The van der Waals surface area contributed by atoms with Gasteiger partial charge in [0.1, 0.15) is 11.5 Å². The van der Waals surface area contributed by atoms with Crippen molar-refractivity contribution in [3.05, 3.63) is 24.3 Å². The van der Waals surface area contributed by atoms with Crippen LogP contribution in [0.2, 0.25) is 0 Å². The first-order valence-electron chi connectivity index (χ1n) is 5.97. The van der Waals surface area contributed by atoms with Gasteiger partial charge in [0.2, 0.25) is 0 Å². The van der Waals surface area contributed by atoms with Crippen molar-refractivity contribution >= 4 is 11.5 Å². The van der Waals surface area contributed by atoms with E-state index in [1.165, 1.54) is 0 Å². The molecule has 3 heteroatoms. The molecule has 0 aromatic heterocycles. The first-order valence-corrected chi connectivity index (χ1v) is 5.97. The lowest BCUT2D eigenvalue weighted by Gasteiger charge is -2.23. The predicted molar refractivity (Wildman–Crippen MR) is 70.8 cm³/mol. The highest BCUT2D eigenvalue weighted by atomic mass is 16.5. The lowest BCUT2D eigenvalue weighted by Crippen LogP contribution is -2.21. The molecule has 0 unspecified atom stereocenters. The molecule has 17 heavy (non-hydrogen) atoms. The fourth-order valence-electron chi connectivity index (χ4n) is 1.57. The number of benzene rings is 1. The smallest absolute Gasteiger partial charge is 0.142 e. The highest BCUT2D eigenvalue weighted by Crippen LogP contribution is 2.27. The van der Waals surface area contributed by atoms with E-state index in [1.54, 1.807) is 6.92 Å². The minimum absolute atomic E-state index is 0.150. The maximum atomic E-state index is 11.0. The zero-order chi connectivity index (χ0) is 12.8. The lowest BCUT2D eigenvalue weighted by molar-refractivity contribution is -0.116. The second-order valence-electron chi connectivity index (χ2n) is 4.51. The maximum absolute atomic E-state index is 11.0. The Labute approximate surface area is 103 Å². The molecule has 0 saturated heterocycles. The van der Waals surface area contributed by atoms with Gasteiger partial charge in [0.25, 0.3) is 0 Å².